The van der Waals surface area contributed by atoms with Crippen LogP contribution in [0.1, 0.15) is 6.42 Å². The largest absolute Gasteiger partial charge is 0.337 e. The van der Waals surface area contributed by atoms with Gasteiger partial charge in [0.25, 0.3) is 0 Å². The molecule has 1 heterocycles. The fraction of sp³-hybridized carbons (Fsp3) is 0.250. The molecule has 1 aromatic heterocycles. The van der Waals surface area contributed by atoms with Gasteiger partial charge in [-0.3, -0.25) is 0 Å². The molecule has 1 aromatic rings. The van der Waals surface area contributed by atoms with Gasteiger partial charge in [-0.15, -0.1) is 0 Å². The first-order chi connectivity index (χ1) is 7.33. The molecule has 7 heteroatoms. The minimum atomic E-state index is -0.487. The van der Waals surface area contributed by atoms with Gasteiger partial charge >= 0.3 is 5.97 Å². The van der Waals surface area contributed by atoms with Crippen LogP contribution in [0.3, 0.4) is 0 Å². The van der Waals surface area contributed by atoms with Crippen molar-refractivity contribution < 1.29 is 9.63 Å². The van der Waals surface area contributed by atoms with E-state index < -0.39 is 5.97 Å². The number of pyridine rings is 1. The third-order valence-corrected chi connectivity index (χ3v) is 3.59. The molecular weight excluding hydrogens is 234 g/mol. The molecule has 0 saturated carbocycles. The van der Waals surface area contributed by atoms with Crippen LogP contribution >= 0.6 is 21.6 Å². The first-order valence-electron chi connectivity index (χ1n) is 4.10. The third kappa shape index (κ3) is 5.38. The van der Waals surface area contributed by atoms with E-state index >= 15 is 0 Å². The molecule has 5 nitrogen and oxygen atoms in total. The lowest BCUT2D eigenvalue weighted by Crippen LogP contribution is -1.99. The molecule has 1 N–H and O–H groups in total. The van der Waals surface area contributed by atoms with Crippen molar-refractivity contribution in [2.45, 2.75) is 11.4 Å². The molecule has 0 radical (unpaired) electrons. The quantitative estimate of drug-likeness (QED) is 0.360. The lowest BCUT2D eigenvalue weighted by molar-refractivity contribution is -0.144. The van der Waals surface area contributed by atoms with E-state index in [2.05, 4.69) is 15.1 Å². The van der Waals surface area contributed by atoms with Crippen LogP contribution in [-0.2, 0) is 9.63 Å². The maximum absolute atomic E-state index is 10.8. The summed E-state index contributed by atoms with van der Waals surface area (Å²) < 4.78 is 0. The van der Waals surface area contributed by atoms with E-state index in [4.69, 9.17) is 5.53 Å². The topological polar surface area (TPSA) is 75.4 Å². The van der Waals surface area contributed by atoms with Crippen LogP contribution in [0.2, 0.25) is 0 Å². The van der Waals surface area contributed by atoms with E-state index in [1.54, 1.807) is 6.20 Å². The average Bonchev–Trinajstić information content (AvgIpc) is 2.26. The number of aromatic nitrogens is 1. The van der Waals surface area contributed by atoms with Crippen molar-refractivity contribution in [1.82, 2.24) is 4.98 Å². The van der Waals surface area contributed by atoms with Crippen LogP contribution in [0, 0.1) is 5.53 Å². The summed E-state index contributed by atoms with van der Waals surface area (Å²) in [6.45, 7) is 0. The van der Waals surface area contributed by atoms with Crippen molar-refractivity contribution >= 4 is 27.6 Å². The predicted molar refractivity (Wildman–Crippen MR) is 58.4 cm³/mol. The summed E-state index contributed by atoms with van der Waals surface area (Å²) >= 11 is 0. The van der Waals surface area contributed by atoms with E-state index in [1.807, 2.05) is 18.2 Å². The summed E-state index contributed by atoms with van der Waals surface area (Å²) in [4.78, 5) is 19.0. The molecule has 0 atom stereocenters. The molecule has 1 rings (SSSR count). The summed E-state index contributed by atoms with van der Waals surface area (Å²) in [6.07, 6.45) is 1.96. The number of nitrogens with zero attached hydrogens (tertiary/aromatic N) is 2. The Bertz CT molecular complexity index is 321. The molecule has 0 aliphatic heterocycles. The number of hydrogen-bond acceptors (Lipinski definition) is 7. The second-order valence-corrected chi connectivity index (χ2v) is 4.81. The Morgan fingerprint density at radius 2 is 2.47 bits per heavy atom. The molecular formula is C8H9N3O2S2. The maximum Gasteiger partial charge on any atom is 0.337 e. The van der Waals surface area contributed by atoms with Gasteiger partial charge in [-0.25, -0.2) is 9.78 Å². The third-order valence-electron chi connectivity index (χ3n) is 1.32. The van der Waals surface area contributed by atoms with Gasteiger partial charge in [0.15, 0.2) is 0 Å². The number of carbonyl (C=O) groups excluding carboxylic acids is 1. The van der Waals surface area contributed by atoms with E-state index in [9.17, 15) is 4.79 Å². The number of carbonyl (C=O) groups is 1. The van der Waals surface area contributed by atoms with Crippen LogP contribution in [0.15, 0.2) is 34.7 Å². The Balaban J connectivity index is 2.12. The SMILES string of the molecule is N=NOC(=O)CCSSc1ccccn1. The van der Waals surface area contributed by atoms with Crippen molar-refractivity contribution in [3.05, 3.63) is 24.4 Å². The Morgan fingerprint density at radius 1 is 1.60 bits per heavy atom. The van der Waals surface area contributed by atoms with Crippen LogP contribution in [0.25, 0.3) is 0 Å². The maximum atomic E-state index is 10.8. The fourth-order valence-corrected chi connectivity index (χ4v) is 2.57. The Hall–Kier alpha value is -1.08. The minimum Gasteiger partial charge on any atom is -0.300 e. The Morgan fingerprint density at radius 3 is 3.13 bits per heavy atom. The van der Waals surface area contributed by atoms with Gasteiger partial charge < -0.3 is 4.84 Å². The van der Waals surface area contributed by atoms with E-state index in [1.165, 1.54) is 21.6 Å². The number of rotatable bonds is 6. The average molecular weight is 243 g/mol. The summed E-state index contributed by atoms with van der Waals surface area (Å²) in [5, 5.41) is 3.45. The van der Waals surface area contributed by atoms with E-state index in [-0.39, 0.29) is 6.42 Å². The summed E-state index contributed by atoms with van der Waals surface area (Å²) in [5.41, 5.74) is 6.31. The Labute approximate surface area is 94.9 Å². The zero-order valence-corrected chi connectivity index (χ0v) is 9.38. The molecule has 0 amide bonds. The monoisotopic (exact) mass is 243 g/mol. The Kier molecular flexibility index (Phi) is 5.79. The van der Waals surface area contributed by atoms with Gasteiger partial charge in [0.2, 0.25) is 0 Å². The van der Waals surface area contributed by atoms with Gasteiger partial charge in [0.05, 0.1) is 6.42 Å². The van der Waals surface area contributed by atoms with Crippen LogP contribution in [-0.4, -0.2) is 16.7 Å². The van der Waals surface area contributed by atoms with Crippen molar-refractivity contribution in [3.63, 3.8) is 0 Å². The smallest absolute Gasteiger partial charge is 0.300 e. The van der Waals surface area contributed by atoms with Gasteiger partial charge in [0, 0.05) is 17.2 Å². The minimum absolute atomic E-state index is 0.243. The van der Waals surface area contributed by atoms with Gasteiger partial charge in [0.1, 0.15) is 5.03 Å². The molecule has 0 bridgehead atoms. The number of nitrogens with one attached hydrogen (secondary N) is 1. The summed E-state index contributed by atoms with van der Waals surface area (Å²) in [7, 11) is 3.01. The highest BCUT2D eigenvalue weighted by molar-refractivity contribution is 8.76. The van der Waals surface area contributed by atoms with Crippen LogP contribution < -0.4 is 0 Å². The highest BCUT2D eigenvalue weighted by atomic mass is 33.1. The normalized spacial score (nSPS) is 9.60. The molecule has 80 valence electrons. The molecule has 0 aromatic carbocycles. The second-order valence-electron chi connectivity index (χ2n) is 2.38. The molecule has 0 aliphatic carbocycles. The molecule has 0 fully saturated rings. The number of hydrogen-bond donors (Lipinski definition) is 1. The molecule has 0 unspecified atom stereocenters. The van der Waals surface area contributed by atoms with Crippen molar-refractivity contribution in [3.8, 4) is 0 Å². The van der Waals surface area contributed by atoms with Crippen LogP contribution in [0.4, 0.5) is 0 Å². The van der Waals surface area contributed by atoms with Gasteiger partial charge in [-0.1, -0.05) is 16.9 Å². The highest BCUT2D eigenvalue weighted by Crippen LogP contribution is 2.29. The lowest BCUT2D eigenvalue weighted by atomic mass is 10.5. The highest BCUT2D eigenvalue weighted by Gasteiger charge is 2.03. The predicted octanol–water partition coefficient (Wildman–Crippen LogP) is 2.70. The van der Waals surface area contributed by atoms with Crippen LogP contribution in [0.5, 0.6) is 0 Å². The molecule has 0 aliphatic rings. The molecule has 15 heavy (non-hydrogen) atoms. The fourth-order valence-electron chi connectivity index (χ4n) is 0.720. The van der Waals surface area contributed by atoms with Crippen molar-refractivity contribution in [2.75, 3.05) is 5.75 Å². The molecule has 0 saturated heterocycles. The zero-order chi connectivity index (χ0) is 10.9. The van der Waals surface area contributed by atoms with Crippen molar-refractivity contribution in [2.24, 2.45) is 5.28 Å². The standard InChI is InChI=1S/C8H9N3O2S2/c9-11-13-8(12)4-6-14-15-7-3-1-2-5-10-7/h1-3,5,9H,4,6H2. The first-order valence-corrected chi connectivity index (χ1v) is 6.42. The van der Waals surface area contributed by atoms with Crippen molar-refractivity contribution in [1.29, 1.82) is 5.53 Å². The lowest BCUT2D eigenvalue weighted by Gasteiger charge is -1.98. The summed E-state index contributed by atoms with van der Waals surface area (Å²) in [6, 6.07) is 5.65. The van der Waals surface area contributed by atoms with E-state index in [0.29, 0.717) is 5.75 Å². The zero-order valence-electron chi connectivity index (χ0n) is 7.75. The molecule has 0 spiro atoms. The summed E-state index contributed by atoms with van der Waals surface area (Å²) in [5.74, 6) is 0.120. The van der Waals surface area contributed by atoms with E-state index in [0.717, 1.165) is 5.03 Å². The van der Waals surface area contributed by atoms with Gasteiger partial charge in [-0.05, 0) is 22.9 Å². The second kappa shape index (κ2) is 7.24. The van der Waals surface area contributed by atoms with Gasteiger partial charge in [-0.2, -0.15) is 5.53 Å². The first kappa shape index (κ1) is 12.0.